The minimum atomic E-state index is 0.205. The van der Waals surface area contributed by atoms with Gasteiger partial charge in [0.1, 0.15) is 11.4 Å². The molecule has 0 bridgehead atoms. The van der Waals surface area contributed by atoms with Crippen molar-refractivity contribution in [1.29, 1.82) is 0 Å². The fraction of sp³-hybridized carbons (Fsp3) is 0.143. The van der Waals surface area contributed by atoms with E-state index in [0.29, 0.717) is 16.9 Å². The molecule has 19 heavy (non-hydrogen) atoms. The molecule has 0 aromatic heterocycles. The van der Waals surface area contributed by atoms with E-state index in [1.807, 2.05) is 24.3 Å². The molecular weight excluding hydrogens is 258 g/mol. The minimum absolute atomic E-state index is 0.205. The smallest absolute Gasteiger partial charge is 0.123 e. The highest BCUT2D eigenvalue weighted by Gasteiger charge is 2.09. The van der Waals surface area contributed by atoms with Crippen LogP contribution in [0.25, 0.3) is 0 Å². The molecule has 0 saturated heterocycles. The molecule has 98 valence electrons. The lowest BCUT2D eigenvalue weighted by Gasteiger charge is -2.08. The van der Waals surface area contributed by atoms with E-state index in [9.17, 15) is 5.11 Å². The van der Waals surface area contributed by atoms with E-state index in [2.05, 4.69) is 22.9 Å². The van der Waals surface area contributed by atoms with E-state index < -0.39 is 0 Å². The van der Waals surface area contributed by atoms with E-state index in [0.717, 1.165) is 16.1 Å². The van der Waals surface area contributed by atoms with E-state index in [4.69, 9.17) is 5.73 Å². The summed E-state index contributed by atoms with van der Waals surface area (Å²) < 4.78 is 0. The molecular formula is C14H15N3OS. The fourth-order valence-electron chi connectivity index (χ4n) is 1.68. The Hall–Kier alpha value is -2.01. The lowest BCUT2D eigenvalue weighted by atomic mass is 10.1. The standard InChI is InChI=1S/C14H15N3OS/c1-8-7-12(13(15)9(2)14(8)18)17-16-10-3-5-11(19)6-4-10/h3-7,18-19H,15H2,1-2H3. The summed E-state index contributed by atoms with van der Waals surface area (Å²) in [5, 5.41) is 18.0. The van der Waals surface area contributed by atoms with Crippen LogP contribution in [0.2, 0.25) is 0 Å². The van der Waals surface area contributed by atoms with Crippen molar-refractivity contribution in [1.82, 2.24) is 0 Å². The van der Waals surface area contributed by atoms with Crippen molar-refractivity contribution in [3.05, 3.63) is 41.5 Å². The topological polar surface area (TPSA) is 71.0 Å². The van der Waals surface area contributed by atoms with Crippen molar-refractivity contribution in [2.45, 2.75) is 18.7 Å². The maximum absolute atomic E-state index is 9.77. The molecule has 0 heterocycles. The second kappa shape index (κ2) is 5.32. The predicted octanol–water partition coefficient (Wildman–Crippen LogP) is 4.30. The first kappa shape index (κ1) is 13.4. The molecule has 0 fully saturated rings. The van der Waals surface area contributed by atoms with Crippen LogP contribution in [0.1, 0.15) is 11.1 Å². The van der Waals surface area contributed by atoms with Crippen LogP contribution in [0.3, 0.4) is 0 Å². The molecule has 0 aliphatic rings. The van der Waals surface area contributed by atoms with Gasteiger partial charge < -0.3 is 10.8 Å². The molecule has 0 unspecified atom stereocenters. The van der Waals surface area contributed by atoms with Gasteiger partial charge in [-0.2, -0.15) is 5.11 Å². The van der Waals surface area contributed by atoms with Crippen LogP contribution in [0.5, 0.6) is 5.75 Å². The van der Waals surface area contributed by atoms with Crippen molar-refractivity contribution in [3.63, 3.8) is 0 Å². The molecule has 0 saturated carbocycles. The van der Waals surface area contributed by atoms with Crippen LogP contribution in [0.15, 0.2) is 45.5 Å². The summed E-state index contributed by atoms with van der Waals surface area (Å²) in [5.41, 5.74) is 8.99. The number of azo groups is 1. The molecule has 2 rings (SSSR count). The van der Waals surface area contributed by atoms with Crippen molar-refractivity contribution >= 4 is 29.7 Å². The van der Waals surface area contributed by atoms with Gasteiger partial charge in [0.25, 0.3) is 0 Å². The number of phenolic OH excluding ortho intramolecular Hbond substituents is 1. The number of benzene rings is 2. The number of rotatable bonds is 2. The van der Waals surface area contributed by atoms with Crippen LogP contribution >= 0.6 is 12.6 Å². The van der Waals surface area contributed by atoms with Gasteiger partial charge in [-0.05, 0) is 49.7 Å². The average molecular weight is 273 g/mol. The van der Waals surface area contributed by atoms with E-state index in [-0.39, 0.29) is 5.75 Å². The average Bonchev–Trinajstić information content (AvgIpc) is 2.41. The molecule has 0 radical (unpaired) electrons. The number of anilines is 1. The Bertz CT molecular complexity index is 636. The Labute approximate surface area is 117 Å². The quantitative estimate of drug-likeness (QED) is 0.434. The summed E-state index contributed by atoms with van der Waals surface area (Å²) in [6, 6.07) is 9.04. The van der Waals surface area contributed by atoms with Gasteiger partial charge in [0.2, 0.25) is 0 Å². The number of phenols is 1. The third kappa shape index (κ3) is 2.88. The summed E-state index contributed by atoms with van der Waals surface area (Å²) in [6.45, 7) is 3.56. The van der Waals surface area contributed by atoms with Gasteiger partial charge >= 0.3 is 0 Å². The number of thiol groups is 1. The largest absolute Gasteiger partial charge is 0.507 e. The number of hydrogen-bond donors (Lipinski definition) is 3. The Morgan fingerprint density at radius 2 is 1.74 bits per heavy atom. The number of hydrogen-bond acceptors (Lipinski definition) is 5. The van der Waals surface area contributed by atoms with Gasteiger partial charge in [-0.1, -0.05) is 0 Å². The molecule has 0 aliphatic heterocycles. The second-order valence-corrected chi connectivity index (χ2v) is 4.83. The van der Waals surface area contributed by atoms with E-state index >= 15 is 0 Å². The molecule has 3 N–H and O–H groups in total. The zero-order chi connectivity index (χ0) is 14.0. The van der Waals surface area contributed by atoms with Crippen molar-refractivity contribution in [2.75, 3.05) is 5.73 Å². The first-order valence-corrected chi connectivity index (χ1v) is 6.23. The second-order valence-electron chi connectivity index (χ2n) is 4.32. The molecule has 0 aliphatic carbocycles. The Kier molecular flexibility index (Phi) is 3.76. The highest BCUT2D eigenvalue weighted by atomic mass is 32.1. The normalized spacial score (nSPS) is 11.1. The van der Waals surface area contributed by atoms with Gasteiger partial charge in [0.05, 0.1) is 11.4 Å². The minimum Gasteiger partial charge on any atom is -0.507 e. The molecule has 0 atom stereocenters. The Balaban J connectivity index is 2.36. The monoisotopic (exact) mass is 273 g/mol. The maximum Gasteiger partial charge on any atom is 0.123 e. The Morgan fingerprint density at radius 3 is 2.37 bits per heavy atom. The van der Waals surface area contributed by atoms with Crippen molar-refractivity contribution in [3.8, 4) is 5.75 Å². The van der Waals surface area contributed by atoms with Crippen LogP contribution in [0, 0.1) is 13.8 Å². The molecule has 5 heteroatoms. The maximum atomic E-state index is 9.77. The summed E-state index contributed by atoms with van der Waals surface area (Å²) in [4.78, 5) is 0.870. The van der Waals surface area contributed by atoms with Gasteiger partial charge in [0, 0.05) is 10.5 Å². The van der Waals surface area contributed by atoms with E-state index in [1.54, 1.807) is 19.9 Å². The molecule has 0 spiro atoms. The predicted molar refractivity (Wildman–Crippen MR) is 79.9 cm³/mol. The summed E-state index contributed by atoms with van der Waals surface area (Å²) in [5.74, 6) is 0.205. The molecule has 2 aromatic carbocycles. The number of nitrogen functional groups attached to an aromatic ring is 1. The summed E-state index contributed by atoms with van der Waals surface area (Å²) in [7, 11) is 0. The van der Waals surface area contributed by atoms with Crippen LogP contribution in [0.4, 0.5) is 17.1 Å². The highest BCUT2D eigenvalue weighted by molar-refractivity contribution is 7.80. The molecule has 0 amide bonds. The van der Waals surface area contributed by atoms with Gasteiger partial charge in [-0.25, -0.2) is 0 Å². The lowest BCUT2D eigenvalue weighted by molar-refractivity contribution is 0.467. The fourth-order valence-corrected chi connectivity index (χ4v) is 1.83. The first-order chi connectivity index (χ1) is 8.99. The summed E-state index contributed by atoms with van der Waals surface area (Å²) >= 11 is 4.20. The van der Waals surface area contributed by atoms with Gasteiger partial charge in [-0.3, -0.25) is 0 Å². The number of aryl methyl sites for hydroxylation is 1. The number of nitrogens with two attached hydrogens (primary N) is 1. The van der Waals surface area contributed by atoms with Crippen LogP contribution in [-0.4, -0.2) is 5.11 Å². The van der Waals surface area contributed by atoms with E-state index in [1.165, 1.54) is 0 Å². The van der Waals surface area contributed by atoms with Crippen molar-refractivity contribution in [2.24, 2.45) is 10.2 Å². The van der Waals surface area contributed by atoms with Crippen LogP contribution in [-0.2, 0) is 0 Å². The zero-order valence-corrected chi connectivity index (χ0v) is 11.6. The highest BCUT2D eigenvalue weighted by Crippen LogP contribution is 2.35. The number of aromatic hydroxyl groups is 1. The lowest BCUT2D eigenvalue weighted by Crippen LogP contribution is -1.92. The van der Waals surface area contributed by atoms with Gasteiger partial charge in [-0.15, -0.1) is 17.7 Å². The first-order valence-electron chi connectivity index (χ1n) is 5.78. The third-order valence-electron chi connectivity index (χ3n) is 2.88. The van der Waals surface area contributed by atoms with Gasteiger partial charge in [0.15, 0.2) is 0 Å². The molecule has 4 nitrogen and oxygen atoms in total. The van der Waals surface area contributed by atoms with Crippen molar-refractivity contribution < 1.29 is 5.11 Å². The molecule has 2 aromatic rings. The zero-order valence-electron chi connectivity index (χ0n) is 10.8. The SMILES string of the molecule is Cc1cc(N=Nc2ccc(S)cc2)c(N)c(C)c1O. The number of nitrogens with zero attached hydrogens (tertiary/aromatic N) is 2. The summed E-state index contributed by atoms with van der Waals surface area (Å²) in [6.07, 6.45) is 0. The third-order valence-corrected chi connectivity index (χ3v) is 3.18. The van der Waals surface area contributed by atoms with Crippen LogP contribution < -0.4 is 5.73 Å². The Morgan fingerprint density at radius 1 is 1.11 bits per heavy atom.